The van der Waals surface area contributed by atoms with E-state index in [0.717, 1.165) is 21.7 Å². The first kappa shape index (κ1) is 16.5. The van der Waals surface area contributed by atoms with Gasteiger partial charge in [-0.15, -0.1) is 11.3 Å². The average Bonchev–Trinajstić information content (AvgIpc) is 2.79. The number of rotatable bonds is 3. The number of aliphatic hydroxyl groups excluding tert-OH is 1. The molecule has 0 saturated heterocycles. The molecule has 0 bridgehead atoms. The largest absolute Gasteiger partial charge is 0.412 e. The maximum Gasteiger partial charge on any atom is 0.412 e. The summed E-state index contributed by atoms with van der Waals surface area (Å²) in [5.41, 5.74) is -0.201. The molecule has 1 aromatic rings. The van der Waals surface area contributed by atoms with E-state index in [2.05, 4.69) is 0 Å². The van der Waals surface area contributed by atoms with Gasteiger partial charge in [-0.05, 0) is 24.3 Å². The molecule has 21 heavy (non-hydrogen) atoms. The summed E-state index contributed by atoms with van der Waals surface area (Å²) in [6.07, 6.45) is -3.87. The van der Waals surface area contributed by atoms with Crippen molar-refractivity contribution in [1.82, 2.24) is 4.31 Å². The third-order valence-electron chi connectivity index (χ3n) is 3.27. The zero-order valence-corrected chi connectivity index (χ0v) is 12.8. The van der Waals surface area contributed by atoms with Crippen molar-refractivity contribution in [1.29, 1.82) is 0 Å². The van der Waals surface area contributed by atoms with Gasteiger partial charge >= 0.3 is 6.18 Å². The number of aliphatic hydroxyl groups is 1. The summed E-state index contributed by atoms with van der Waals surface area (Å²) in [5, 5.41) is 10.8. The summed E-state index contributed by atoms with van der Waals surface area (Å²) in [7, 11) is -3.89. The quantitative estimate of drug-likeness (QED) is 0.859. The van der Waals surface area contributed by atoms with Crippen LogP contribution in [0, 0.1) is 6.92 Å². The van der Waals surface area contributed by atoms with Crippen molar-refractivity contribution >= 4 is 21.4 Å². The third-order valence-corrected chi connectivity index (χ3v) is 6.58. The summed E-state index contributed by atoms with van der Waals surface area (Å²) >= 11 is 1.12. The van der Waals surface area contributed by atoms with Gasteiger partial charge in [-0.3, -0.25) is 0 Å². The molecule has 2 heterocycles. The highest BCUT2D eigenvalue weighted by Gasteiger charge is 2.38. The van der Waals surface area contributed by atoms with Gasteiger partial charge in [0.05, 0.1) is 11.5 Å². The van der Waals surface area contributed by atoms with Gasteiger partial charge in [-0.1, -0.05) is 6.08 Å². The van der Waals surface area contributed by atoms with Gasteiger partial charge in [0.1, 0.15) is 4.90 Å². The van der Waals surface area contributed by atoms with E-state index >= 15 is 0 Å². The molecule has 0 fully saturated rings. The predicted molar refractivity (Wildman–Crippen MR) is 72.5 cm³/mol. The molecule has 2 rings (SSSR count). The number of hydrogen-bond acceptors (Lipinski definition) is 4. The molecule has 1 aromatic heterocycles. The van der Waals surface area contributed by atoms with Crippen molar-refractivity contribution in [3.05, 3.63) is 27.5 Å². The van der Waals surface area contributed by atoms with E-state index in [9.17, 15) is 26.7 Å². The van der Waals surface area contributed by atoms with Gasteiger partial charge in [0.25, 0.3) is 0 Å². The number of aryl methyl sites for hydroxylation is 1. The Morgan fingerprint density at radius 1 is 1.43 bits per heavy atom. The molecule has 1 aliphatic heterocycles. The van der Waals surface area contributed by atoms with Crippen molar-refractivity contribution in [2.24, 2.45) is 0 Å². The molecular formula is C12H14F3NO3S2. The lowest BCUT2D eigenvalue weighted by atomic mass is 10.1. The lowest BCUT2D eigenvalue weighted by Crippen LogP contribution is -2.37. The van der Waals surface area contributed by atoms with E-state index in [4.69, 9.17) is 0 Å². The highest BCUT2D eigenvalue weighted by atomic mass is 32.2. The van der Waals surface area contributed by atoms with Gasteiger partial charge in [-0.25, -0.2) is 8.42 Å². The molecule has 9 heteroatoms. The Labute approximate surface area is 124 Å². The Morgan fingerprint density at radius 3 is 2.57 bits per heavy atom. The summed E-state index contributed by atoms with van der Waals surface area (Å²) in [6.45, 7) is 0.666. The zero-order chi connectivity index (χ0) is 15.8. The van der Waals surface area contributed by atoms with Crippen LogP contribution < -0.4 is 0 Å². The number of halogens is 3. The Balaban J connectivity index is 2.31. The van der Waals surface area contributed by atoms with Gasteiger partial charge in [-0.2, -0.15) is 17.5 Å². The molecule has 0 atom stereocenters. The molecule has 118 valence electrons. The van der Waals surface area contributed by atoms with Crippen LogP contribution >= 0.6 is 11.3 Å². The van der Waals surface area contributed by atoms with Crippen LogP contribution in [0.25, 0.3) is 0 Å². The van der Waals surface area contributed by atoms with Gasteiger partial charge in [0.2, 0.25) is 10.0 Å². The predicted octanol–water partition coefficient (Wildman–Crippen LogP) is 2.43. The summed E-state index contributed by atoms with van der Waals surface area (Å²) in [6, 6.07) is 0. The zero-order valence-electron chi connectivity index (χ0n) is 11.1. The SMILES string of the molecule is Cc1csc(CO)c1S(=O)(=O)N1CC=C(C(F)(F)F)CC1. The Kier molecular flexibility index (Phi) is 4.48. The topological polar surface area (TPSA) is 57.6 Å². The van der Waals surface area contributed by atoms with E-state index in [1.165, 1.54) is 0 Å². The highest BCUT2D eigenvalue weighted by molar-refractivity contribution is 7.89. The molecule has 0 aliphatic carbocycles. The van der Waals surface area contributed by atoms with E-state index in [0.29, 0.717) is 10.4 Å². The van der Waals surface area contributed by atoms with Crippen LogP contribution in [-0.4, -0.2) is 37.1 Å². The van der Waals surface area contributed by atoms with Crippen molar-refractivity contribution in [3.8, 4) is 0 Å². The molecule has 1 N–H and O–H groups in total. The second kappa shape index (κ2) is 5.71. The Bertz CT molecular complexity index is 662. The molecule has 4 nitrogen and oxygen atoms in total. The maximum atomic E-state index is 12.6. The van der Waals surface area contributed by atoms with Crippen LogP contribution in [-0.2, 0) is 16.6 Å². The summed E-state index contributed by atoms with van der Waals surface area (Å²) < 4.78 is 63.7. The fourth-order valence-electron chi connectivity index (χ4n) is 2.20. The molecule has 0 amide bonds. The van der Waals surface area contributed by atoms with Crippen LogP contribution in [0.15, 0.2) is 21.9 Å². The smallest absolute Gasteiger partial charge is 0.391 e. The number of thiophene rings is 1. The minimum absolute atomic E-state index is 0.0128. The van der Waals surface area contributed by atoms with Crippen molar-refractivity contribution in [2.75, 3.05) is 13.1 Å². The lowest BCUT2D eigenvalue weighted by Gasteiger charge is -2.27. The Hall–Kier alpha value is -0.900. The van der Waals surface area contributed by atoms with E-state index in [1.807, 2.05) is 0 Å². The van der Waals surface area contributed by atoms with Crippen molar-refractivity contribution < 1.29 is 26.7 Å². The van der Waals surface area contributed by atoms with Gasteiger partial charge < -0.3 is 5.11 Å². The molecule has 0 aromatic carbocycles. The number of alkyl halides is 3. The fraction of sp³-hybridized carbons (Fsp3) is 0.500. The second-order valence-corrected chi connectivity index (χ2v) is 7.51. The Morgan fingerprint density at radius 2 is 2.10 bits per heavy atom. The summed E-state index contributed by atoms with van der Waals surface area (Å²) in [5.74, 6) is 0. The normalized spacial score (nSPS) is 17.9. The van der Waals surface area contributed by atoms with Gasteiger partial charge in [0, 0.05) is 18.7 Å². The van der Waals surface area contributed by atoms with E-state index in [1.54, 1.807) is 12.3 Å². The van der Waals surface area contributed by atoms with Crippen molar-refractivity contribution in [3.63, 3.8) is 0 Å². The first-order valence-corrected chi connectivity index (χ1v) is 8.44. The lowest BCUT2D eigenvalue weighted by molar-refractivity contribution is -0.0953. The highest BCUT2D eigenvalue weighted by Crippen LogP contribution is 2.34. The maximum absolute atomic E-state index is 12.6. The molecular weight excluding hydrogens is 327 g/mol. The third kappa shape index (κ3) is 3.15. The van der Waals surface area contributed by atoms with E-state index in [-0.39, 0.29) is 24.4 Å². The van der Waals surface area contributed by atoms with Crippen LogP contribution in [0.4, 0.5) is 13.2 Å². The summed E-state index contributed by atoms with van der Waals surface area (Å²) in [4.78, 5) is 0.317. The minimum atomic E-state index is -4.41. The first-order chi connectivity index (χ1) is 9.67. The number of hydrogen-bond donors (Lipinski definition) is 1. The molecule has 1 aliphatic rings. The van der Waals surface area contributed by atoms with Crippen LogP contribution in [0.3, 0.4) is 0 Å². The van der Waals surface area contributed by atoms with Crippen LogP contribution in [0.2, 0.25) is 0 Å². The number of sulfonamides is 1. The van der Waals surface area contributed by atoms with Crippen LogP contribution in [0.5, 0.6) is 0 Å². The van der Waals surface area contributed by atoms with E-state index < -0.39 is 28.4 Å². The average molecular weight is 341 g/mol. The minimum Gasteiger partial charge on any atom is -0.391 e. The monoisotopic (exact) mass is 341 g/mol. The molecule has 0 unspecified atom stereocenters. The van der Waals surface area contributed by atoms with Crippen LogP contribution in [0.1, 0.15) is 16.9 Å². The molecule has 0 spiro atoms. The fourth-order valence-corrected chi connectivity index (χ4v) is 5.19. The number of nitrogens with zero attached hydrogens (tertiary/aromatic N) is 1. The molecule has 0 saturated carbocycles. The first-order valence-electron chi connectivity index (χ1n) is 6.12. The van der Waals surface area contributed by atoms with Gasteiger partial charge in [0.15, 0.2) is 0 Å². The van der Waals surface area contributed by atoms with Crippen molar-refractivity contribution in [2.45, 2.75) is 31.0 Å². The second-order valence-electron chi connectivity index (χ2n) is 4.67. The molecule has 0 radical (unpaired) electrons. The standard InChI is InChI=1S/C12H14F3NO3S2/c1-8-7-20-10(6-17)11(8)21(18,19)16-4-2-9(3-5-16)12(13,14)15/h2,7,17H,3-6H2,1H3.